The van der Waals surface area contributed by atoms with Crippen LogP contribution in [-0.4, -0.2) is 35.1 Å². The molecule has 0 bridgehead atoms. The van der Waals surface area contributed by atoms with Crippen molar-refractivity contribution in [3.8, 4) is 34.8 Å². The number of benzene rings is 2. The van der Waals surface area contributed by atoms with E-state index < -0.39 is 22.1 Å². The van der Waals surface area contributed by atoms with Gasteiger partial charge >= 0.3 is 5.97 Å². The molecule has 34 heavy (non-hydrogen) atoms. The Kier molecular flexibility index (Phi) is 8.71. The summed E-state index contributed by atoms with van der Waals surface area (Å²) in [6.45, 7) is 14.5. The van der Waals surface area contributed by atoms with Crippen LogP contribution in [0, 0.1) is 34.8 Å². The van der Waals surface area contributed by atoms with E-state index in [1.54, 1.807) is 24.3 Å². The fraction of sp³-hybridized carbons (Fsp3) is 0.286. The molecule has 1 amide bonds. The highest BCUT2D eigenvalue weighted by molar-refractivity contribution is 6.84. The van der Waals surface area contributed by atoms with E-state index in [1.165, 1.54) is 14.0 Å². The van der Waals surface area contributed by atoms with Gasteiger partial charge in [0.1, 0.15) is 16.1 Å². The molecular formula is C28H31NO3Si2. The molecule has 174 valence electrons. The van der Waals surface area contributed by atoms with Crippen molar-refractivity contribution in [3.05, 3.63) is 64.2 Å². The number of carbonyl (C=O) groups is 2. The summed E-state index contributed by atoms with van der Waals surface area (Å²) in [4.78, 5) is 24.0. The fourth-order valence-corrected chi connectivity index (χ4v) is 3.73. The van der Waals surface area contributed by atoms with Crippen molar-refractivity contribution in [3.63, 3.8) is 0 Å². The van der Waals surface area contributed by atoms with Gasteiger partial charge in [0.2, 0.25) is 5.91 Å². The highest BCUT2D eigenvalue weighted by Crippen LogP contribution is 2.18. The summed E-state index contributed by atoms with van der Waals surface area (Å²) in [5.74, 6) is 12.0. The first-order valence-electron chi connectivity index (χ1n) is 11.0. The molecule has 0 radical (unpaired) electrons. The Bertz CT molecular complexity index is 1300. The predicted molar refractivity (Wildman–Crippen MR) is 145 cm³/mol. The van der Waals surface area contributed by atoms with Gasteiger partial charge in [-0.15, -0.1) is 11.1 Å². The molecule has 4 nitrogen and oxygen atoms in total. The van der Waals surface area contributed by atoms with E-state index >= 15 is 0 Å². The number of ether oxygens (including phenoxy) is 1. The van der Waals surface area contributed by atoms with Crippen molar-refractivity contribution in [1.29, 1.82) is 0 Å². The molecule has 0 spiro atoms. The Morgan fingerprint density at radius 3 is 1.76 bits per heavy atom. The van der Waals surface area contributed by atoms with Gasteiger partial charge < -0.3 is 10.1 Å². The maximum atomic E-state index is 12.3. The third kappa shape index (κ3) is 8.79. The molecule has 0 saturated heterocycles. The van der Waals surface area contributed by atoms with E-state index in [2.05, 4.69) is 79.4 Å². The first-order chi connectivity index (χ1) is 15.8. The highest BCUT2D eigenvalue weighted by Gasteiger charge is 2.13. The second-order valence-corrected chi connectivity index (χ2v) is 19.4. The fourth-order valence-electron chi connectivity index (χ4n) is 2.69. The summed E-state index contributed by atoms with van der Waals surface area (Å²) in [5.41, 5.74) is 10.4. The topological polar surface area (TPSA) is 55.4 Å². The molecule has 2 rings (SSSR count). The average molecular weight is 486 g/mol. The molecule has 6 heteroatoms. The number of carbonyl (C=O) groups excluding carboxylic acids is 2. The Hall–Kier alpha value is -3.51. The Morgan fingerprint density at radius 1 is 0.765 bits per heavy atom. The van der Waals surface area contributed by atoms with Crippen molar-refractivity contribution in [1.82, 2.24) is 0 Å². The number of rotatable bonds is 2. The maximum absolute atomic E-state index is 12.3. The lowest BCUT2D eigenvalue weighted by atomic mass is 10.0. The molecule has 2 aromatic rings. The molecule has 0 aliphatic rings. The molecule has 0 atom stereocenters. The summed E-state index contributed by atoms with van der Waals surface area (Å²) in [5, 5.41) is 2.82. The molecule has 0 unspecified atom stereocenters. The van der Waals surface area contributed by atoms with E-state index in [-0.39, 0.29) is 5.91 Å². The number of nitrogens with one attached hydrogen (secondary N) is 1. The normalized spacial score (nSPS) is 10.5. The van der Waals surface area contributed by atoms with Crippen LogP contribution in [0.5, 0.6) is 0 Å². The summed E-state index contributed by atoms with van der Waals surface area (Å²) in [6, 6.07) is 10.8. The number of hydrogen-bond donors (Lipinski definition) is 1. The van der Waals surface area contributed by atoms with Crippen molar-refractivity contribution in [2.45, 2.75) is 46.2 Å². The van der Waals surface area contributed by atoms with Crippen LogP contribution in [0.1, 0.15) is 39.5 Å². The lowest BCUT2D eigenvalue weighted by molar-refractivity contribution is -0.114. The van der Waals surface area contributed by atoms with Gasteiger partial charge in [0.15, 0.2) is 0 Å². The molecule has 2 aromatic carbocycles. The molecule has 0 saturated carbocycles. The zero-order valence-corrected chi connectivity index (χ0v) is 23.2. The first kappa shape index (κ1) is 26.7. The van der Waals surface area contributed by atoms with E-state index in [0.717, 1.165) is 11.1 Å². The number of methoxy groups -OCH3 is 1. The largest absolute Gasteiger partial charge is 0.465 e. The van der Waals surface area contributed by atoms with Gasteiger partial charge in [-0.1, -0.05) is 63.0 Å². The molecule has 0 fully saturated rings. The number of amides is 1. The molecule has 0 heterocycles. The Labute approximate surface area is 205 Å². The van der Waals surface area contributed by atoms with Crippen molar-refractivity contribution >= 4 is 33.7 Å². The minimum absolute atomic E-state index is 0.192. The first-order valence-corrected chi connectivity index (χ1v) is 18.0. The molecular weight excluding hydrogens is 454 g/mol. The van der Waals surface area contributed by atoms with Crippen LogP contribution in [-0.2, 0) is 9.53 Å². The van der Waals surface area contributed by atoms with E-state index in [0.29, 0.717) is 22.4 Å². The SMILES string of the molecule is COC(=O)c1ccc(C#C[Si](C)(C)C)cc1C#Cc1cc(C#C[Si](C)(C)C)ccc1NC(C)=O. The van der Waals surface area contributed by atoms with Crippen LogP contribution in [0.25, 0.3) is 0 Å². The summed E-state index contributed by atoms with van der Waals surface area (Å²) >= 11 is 0. The van der Waals surface area contributed by atoms with Crippen molar-refractivity contribution < 1.29 is 14.3 Å². The monoisotopic (exact) mass is 485 g/mol. The van der Waals surface area contributed by atoms with E-state index in [9.17, 15) is 9.59 Å². The lowest BCUT2D eigenvalue weighted by Gasteiger charge is -2.07. The van der Waals surface area contributed by atoms with Crippen LogP contribution in [0.3, 0.4) is 0 Å². The van der Waals surface area contributed by atoms with Gasteiger partial charge in [0.05, 0.1) is 18.4 Å². The third-order valence-corrected chi connectivity index (χ3v) is 6.00. The molecule has 0 aliphatic carbocycles. The minimum atomic E-state index is -1.56. The van der Waals surface area contributed by atoms with Crippen LogP contribution in [0.4, 0.5) is 5.69 Å². The minimum Gasteiger partial charge on any atom is -0.465 e. The van der Waals surface area contributed by atoms with Gasteiger partial charge in [-0.2, -0.15) is 0 Å². The Balaban J connectivity index is 2.64. The summed E-state index contributed by atoms with van der Waals surface area (Å²) < 4.78 is 4.94. The van der Waals surface area contributed by atoms with Gasteiger partial charge in [0, 0.05) is 29.2 Å². The molecule has 0 aliphatic heterocycles. The summed E-state index contributed by atoms with van der Waals surface area (Å²) in [7, 11) is -1.77. The maximum Gasteiger partial charge on any atom is 0.339 e. The number of anilines is 1. The van der Waals surface area contributed by atoms with E-state index in [1.807, 2.05) is 12.1 Å². The van der Waals surface area contributed by atoms with Gasteiger partial charge in [0.25, 0.3) is 0 Å². The van der Waals surface area contributed by atoms with Crippen LogP contribution >= 0.6 is 0 Å². The van der Waals surface area contributed by atoms with Crippen molar-refractivity contribution in [2.24, 2.45) is 0 Å². The molecule has 1 N–H and O–H groups in total. The quantitative estimate of drug-likeness (QED) is 0.357. The van der Waals surface area contributed by atoms with Gasteiger partial charge in [-0.05, 0) is 36.4 Å². The second-order valence-electron chi connectivity index (χ2n) is 9.94. The zero-order valence-electron chi connectivity index (χ0n) is 21.2. The zero-order chi connectivity index (χ0) is 25.5. The predicted octanol–water partition coefficient (Wildman–Crippen LogP) is 5.29. The number of hydrogen-bond acceptors (Lipinski definition) is 3. The summed E-state index contributed by atoms with van der Waals surface area (Å²) in [6.07, 6.45) is 0. The Morgan fingerprint density at radius 2 is 1.26 bits per heavy atom. The van der Waals surface area contributed by atoms with Crippen LogP contribution in [0.2, 0.25) is 39.3 Å². The van der Waals surface area contributed by atoms with Gasteiger partial charge in [-0.25, -0.2) is 4.79 Å². The standard InChI is InChI=1S/C28H31NO3Si2/c1-21(30)29-27-14-10-23(16-18-34(6,7)8)20-25(27)12-11-24-19-22(15-17-33(3,4)5)9-13-26(24)28(31)32-2/h9-10,13-14,19-20H,1-8H3,(H,29,30). The van der Waals surface area contributed by atoms with E-state index in [4.69, 9.17) is 4.74 Å². The number of esters is 1. The smallest absolute Gasteiger partial charge is 0.339 e. The highest BCUT2D eigenvalue weighted by atomic mass is 28.3. The second kappa shape index (κ2) is 11.1. The van der Waals surface area contributed by atoms with Crippen molar-refractivity contribution in [2.75, 3.05) is 12.4 Å². The lowest BCUT2D eigenvalue weighted by Crippen LogP contribution is -2.16. The molecule has 0 aromatic heterocycles. The average Bonchev–Trinajstić information content (AvgIpc) is 2.74. The third-order valence-electron chi connectivity index (χ3n) is 4.25. The van der Waals surface area contributed by atoms with Crippen LogP contribution < -0.4 is 5.32 Å². The van der Waals surface area contributed by atoms with Crippen LogP contribution in [0.15, 0.2) is 36.4 Å². The van der Waals surface area contributed by atoms with Gasteiger partial charge in [-0.3, -0.25) is 4.79 Å².